The molecular weight excluding hydrogens is 240 g/mol. The third-order valence-electron chi connectivity index (χ3n) is 2.48. The van der Waals surface area contributed by atoms with E-state index in [4.69, 9.17) is 5.11 Å². The maximum Gasteiger partial charge on any atom is 0.336 e. The van der Waals surface area contributed by atoms with Gasteiger partial charge in [0, 0.05) is 12.1 Å². The number of aromatic carboxylic acids is 1. The molecular formula is C10H10N4O4. The molecule has 1 aromatic carbocycles. The normalized spacial score (nSPS) is 11.1. The lowest BCUT2D eigenvalue weighted by Crippen LogP contribution is -2.05. The van der Waals surface area contributed by atoms with Crippen LogP contribution in [0.2, 0.25) is 0 Å². The number of nitro groups is 1. The second-order valence-corrected chi connectivity index (χ2v) is 4.05. The molecule has 0 radical (unpaired) electrons. The fourth-order valence-corrected chi connectivity index (χ4v) is 1.68. The molecule has 0 spiro atoms. The van der Waals surface area contributed by atoms with Crippen LogP contribution in [0.3, 0.4) is 0 Å². The van der Waals surface area contributed by atoms with Gasteiger partial charge in [-0.15, -0.1) is 5.10 Å². The van der Waals surface area contributed by atoms with Crippen LogP contribution in [-0.4, -0.2) is 31.0 Å². The second-order valence-electron chi connectivity index (χ2n) is 4.05. The predicted octanol–water partition coefficient (Wildman–Crippen LogP) is 1.62. The average molecular weight is 250 g/mol. The van der Waals surface area contributed by atoms with E-state index in [2.05, 4.69) is 10.3 Å². The molecule has 2 aromatic rings. The maximum absolute atomic E-state index is 11.0. The molecule has 2 rings (SSSR count). The fraction of sp³-hybridized carbons (Fsp3) is 0.300. The fourth-order valence-electron chi connectivity index (χ4n) is 1.68. The van der Waals surface area contributed by atoms with E-state index in [0.717, 1.165) is 6.07 Å². The standard InChI is InChI=1S/C10H10N4O4/c1-5(2)13-9-7(11-12-13)3-6(10(15)16)4-8(9)14(17)18/h3-5H,1-2H3,(H,15,16). The molecule has 0 amide bonds. The number of carboxylic acids is 1. The van der Waals surface area contributed by atoms with Gasteiger partial charge in [-0.1, -0.05) is 5.21 Å². The highest BCUT2D eigenvalue weighted by molar-refractivity contribution is 5.96. The quantitative estimate of drug-likeness (QED) is 0.654. The van der Waals surface area contributed by atoms with Gasteiger partial charge in [0.15, 0.2) is 5.52 Å². The number of nitro benzene ring substituents is 1. The summed E-state index contributed by atoms with van der Waals surface area (Å²) in [5, 5.41) is 27.5. The zero-order valence-electron chi connectivity index (χ0n) is 9.69. The lowest BCUT2D eigenvalue weighted by Gasteiger charge is -2.05. The Balaban J connectivity index is 2.84. The highest BCUT2D eigenvalue weighted by Gasteiger charge is 2.22. The Bertz CT molecular complexity index is 647. The summed E-state index contributed by atoms with van der Waals surface area (Å²) in [6, 6.07) is 2.19. The number of non-ortho nitro benzene ring substituents is 1. The van der Waals surface area contributed by atoms with Gasteiger partial charge in [-0.05, 0) is 19.9 Å². The van der Waals surface area contributed by atoms with Crippen molar-refractivity contribution in [3.05, 3.63) is 27.8 Å². The number of aromatic nitrogens is 3. The zero-order chi connectivity index (χ0) is 13.4. The smallest absolute Gasteiger partial charge is 0.336 e. The molecule has 1 aromatic heterocycles. The van der Waals surface area contributed by atoms with Crippen LogP contribution in [0.4, 0.5) is 5.69 Å². The Kier molecular flexibility index (Phi) is 2.70. The summed E-state index contributed by atoms with van der Waals surface area (Å²) >= 11 is 0. The SMILES string of the molecule is CC(C)n1nnc2cc(C(=O)O)cc([N+](=O)[O-])c21. The maximum atomic E-state index is 11.0. The van der Waals surface area contributed by atoms with Gasteiger partial charge in [0.05, 0.1) is 10.5 Å². The van der Waals surface area contributed by atoms with Crippen molar-refractivity contribution >= 4 is 22.7 Å². The molecule has 0 saturated heterocycles. The first-order valence-electron chi connectivity index (χ1n) is 5.18. The molecule has 0 aliphatic carbocycles. The van der Waals surface area contributed by atoms with Crippen LogP contribution < -0.4 is 0 Å². The van der Waals surface area contributed by atoms with Crippen LogP contribution in [0.15, 0.2) is 12.1 Å². The second kappa shape index (κ2) is 4.06. The molecule has 0 aliphatic heterocycles. The third-order valence-corrected chi connectivity index (χ3v) is 2.48. The van der Waals surface area contributed by atoms with Crippen LogP contribution in [0.1, 0.15) is 30.2 Å². The van der Waals surface area contributed by atoms with Gasteiger partial charge in [-0.2, -0.15) is 0 Å². The van der Waals surface area contributed by atoms with Crippen LogP contribution in [-0.2, 0) is 0 Å². The van der Waals surface area contributed by atoms with Crippen LogP contribution >= 0.6 is 0 Å². The van der Waals surface area contributed by atoms with Crippen molar-refractivity contribution in [1.29, 1.82) is 0 Å². The Labute approximate surface area is 101 Å². The summed E-state index contributed by atoms with van der Waals surface area (Å²) in [6.45, 7) is 3.62. The van der Waals surface area contributed by atoms with Gasteiger partial charge in [0.2, 0.25) is 0 Å². The topological polar surface area (TPSA) is 111 Å². The molecule has 0 unspecified atom stereocenters. The van der Waals surface area contributed by atoms with Gasteiger partial charge in [-0.25, -0.2) is 9.48 Å². The Morgan fingerprint density at radius 1 is 1.50 bits per heavy atom. The zero-order valence-corrected chi connectivity index (χ0v) is 9.69. The molecule has 0 fully saturated rings. The molecule has 0 saturated carbocycles. The molecule has 0 aliphatic rings. The molecule has 8 nitrogen and oxygen atoms in total. The molecule has 1 heterocycles. The highest BCUT2D eigenvalue weighted by Crippen LogP contribution is 2.27. The molecule has 94 valence electrons. The lowest BCUT2D eigenvalue weighted by molar-refractivity contribution is -0.383. The van der Waals surface area contributed by atoms with E-state index >= 15 is 0 Å². The van der Waals surface area contributed by atoms with E-state index in [0.29, 0.717) is 0 Å². The van der Waals surface area contributed by atoms with E-state index in [1.54, 1.807) is 0 Å². The Hall–Kier alpha value is -2.51. The summed E-state index contributed by atoms with van der Waals surface area (Å²) in [5.41, 5.74) is -0.0380. The largest absolute Gasteiger partial charge is 0.478 e. The Morgan fingerprint density at radius 3 is 2.67 bits per heavy atom. The summed E-state index contributed by atoms with van der Waals surface area (Å²) in [5.74, 6) is -1.24. The van der Waals surface area contributed by atoms with Crippen molar-refractivity contribution in [1.82, 2.24) is 15.0 Å². The van der Waals surface area contributed by atoms with Crippen LogP contribution in [0, 0.1) is 10.1 Å². The summed E-state index contributed by atoms with van der Waals surface area (Å²) < 4.78 is 1.40. The van der Waals surface area contributed by atoms with Crippen molar-refractivity contribution in [3.63, 3.8) is 0 Å². The van der Waals surface area contributed by atoms with Crippen LogP contribution in [0.5, 0.6) is 0 Å². The minimum Gasteiger partial charge on any atom is -0.478 e. The van der Waals surface area contributed by atoms with Gasteiger partial charge < -0.3 is 5.11 Å². The van der Waals surface area contributed by atoms with E-state index in [9.17, 15) is 14.9 Å². The predicted molar refractivity (Wildman–Crippen MR) is 61.5 cm³/mol. The number of hydrogen-bond donors (Lipinski definition) is 1. The number of carbonyl (C=O) groups is 1. The molecule has 8 heteroatoms. The number of nitrogens with zero attached hydrogens (tertiary/aromatic N) is 4. The number of hydrogen-bond acceptors (Lipinski definition) is 5. The van der Waals surface area contributed by atoms with E-state index in [-0.39, 0.29) is 28.3 Å². The summed E-state index contributed by atoms with van der Waals surface area (Å²) in [6.07, 6.45) is 0. The van der Waals surface area contributed by atoms with Crippen molar-refractivity contribution in [3.8, 4) is 0 Å². The summed E-state index contributed by atoms with van der Waals surface area (Å²) in [4.78, 5) is 21.3. The number of fused-ring (bicyclic) bond motifs is 1. The first-order valence-corrected chi connectivity index (χ1v) is 5.18. The van der Waals surface area contributed by atoms with Crippen LogP contribution in [0.25, 0.3) is 11.0 Å². The van der Waals surface area contributed by atoms with Gasteiger partial charge >= 0.3 is 5.97 Å². The van der Waals surface area contributed by atoms with E-state index in [1.165, 1.54) is 10.7 Å². The minimum absolute atomic E-state index is 0.107. The van der Waals surface area contributed by atoms with Gasteiger partial charge in [0.1, 0.15) is 5.52 Å². The first-order chi connectivity index (χ1) is 8.41. The number of rotatable bonds is 3. The minimum atomic E-state index is -1.24. The van der Waals surface area contributed by atoms with Crippen molar-refractivity contribution in [2.45, 2.75) is 19.9 Å². The van der Waals surface area contributed by atoms with Crippen molar-refractivity contribution < 1.29 is 14.8 Å². The molecule has 0 atom stereocenters. The molecule has 1 N–H and O–H groups in total. The Morgan fingerprint density at radius 2 is 2.17 bits per heavy atom. The van der Waals surface area contributed by atoms with E-state index < -0.39 is 10.9 Å². The number of carboxylic acid groups (broad SMARTS) is 1. The third kappa shape index (κ3) is 1.77. The average Bonchev–Trinajstić information content (AvgIpc) is 2.70. The number of benzene rings is 1. The summed E-state index contributed by atoms with van der Waals surface area (Å²) in [7, 11) is 0. The monoisotopic (exact) mass is 250 g/mol. The van der Waals surface area contributed by atoms with Gasteiger partial charge in [-0.3, -0.25) is 10.1 Å². The first kappa shape index (κ1) is 12.0. The van der Waals surface area contributed by atoms with E-state index in [1.807, 2.05) is 13.8 Å². The van der Waals surface area contributed by atoms with Crippen molar-refractivity contribution in [2.75, 3.05) is 0 Å². The highest BCUT2D eigenvalue weighted by atomic mass is 16.6. The molecule has 18 heavy (non-hydrogen) atoms. The van der Waals surface area contributed by atoms with Gasteiger partial charge in [0.25, 0.3) is 5.69 Å². The lowest BCUT2D eigenvalue weighted by atomic mass is 10.1. The van der Waals surface area contributed by atoms with Crippen molar-refractivity contribution in [2.24, 2.45) is 0 Å². The molecule has 0 bridgehead atoms.